The molecular formula is C62H125NO4. The number of carbonyl (C=O) groups excluding carboxylic acids is 1. The van der Waals surface area contributed by atoms with Gasteiger partial charge in [0, 0.05) is 0 Å². The summed E-state index contributed by atoms with van der Waals surface area (Å²) in [5, 5.41) is 33.6. The molecule has 3 atom stereocenters. The Morgan fingerprint density at radius 1 is 0.299 bits per heavy atom. The molecule has 0 aliphatic heterocycles. The predicted octanol–water partition coefficient (Wildman–Crippen LogP) is 19.7. The number of rotatable bonds is 59. The number of carbonyl (C=O) groups is 1. The van der Waals surface area contributed by atoms with Crippen LogP contribution in [0.2, 0.25) is 0 Å². The second kappa shape index (κ2) is 57.9. The molecular weight excluding hydrogens is 823 g/mol. The summed E-state index contributed by atoms with van der Waals surface area (Å²) in [4.78, 5) is 12.6. The first-order valence-corrected chi connectivity index (χ1v) is 31.3. The molecule has 0 aromatic rings. The highest BCUT2D eigenvalue weighted by Crippen LogP contribution is 2.19. The third-order valence-corrected chi connectivity index (χ3v) is 15.2. The van der Waals surface area contributed by atoms with Crippen LogP contribution >= 0.6 is 0 Å². The van der Waals surface area contributed by atoms with Crippen LogP contribution in [0.4, 0.5) is 0 Å². The Labute approximate surface area is 421 Å². The summed E-state index contributed by atoms with van der Waals surface area (Å²) in [7, 11) is 0. The van der Waals surface area contributed by atoms with Crippen LogP contribution in [-0.4, -0.2) is 46.1 Å². The van der Waals surface area contributed by atoms with E-state index in [-0.39, 0.29) is 6.61 Å². The van der Waals surface area contributed by atoms with E-state index in [2.05, 4.69) is 19.2 Å². The van der Waals surface area contributed by atoms with Crippen molar-refractivity contribution in [3.63, 3.8) is 0 Å². The Morgan fingerprint density at radius 3 is 0.672 bits per heavy atom. The van der Waals surface area contributed by atoms with Gasteiger partial charge in [0.15, 0.2) is 0 Å². The van der Waals surface area contributed by atoms with Gasteiger partial charge in [-0.25, -0.2) is 0 Å². The molecule has 0 aromatic carbocycles. The van der Waals surface area contributed by atoms with E-state index in [9.17, 15) is 20.1 Å². The van der Waals surface area contributed by atoms with Crippen molar-refractivity contribution in [1.82, 2.24) is 5.32 Å². The van der Waals surface area contributed by atoms with Gasteiger partial charge in [0.25, 0.3) is 0 Å². The molecule has 0 saturated carbocycles. The number of hydrogen-bond donors (Lipinski definition) is 4. The molecule has 4 N–H and O–H groups in total. The standard InChI is InChI=1S/C62H125NO4/c1-3-5-7-9-11-13-15-17-19-21-23-25-27-28-29-30-31-32-33-34-35-37-39-41-43-45-47-49-51-53-55-57-61(66)62(67)63-59(58-64)60(65)56-54-52-50-48-46-44-42-40-38-36-26-24-22-20-18-16-14-12-10-8-6-4-2/h59-61,64-66H,3-58H2,1-2H3,(H,63,67). The van der Waals surface area contributed by atoms with Gasteiger partial charge in [-0.2, -0.15) is 0 Å². The Morgan fingerprint density at radius 2 is 0.478 bits per heavy atom. The largest absolute Gasteiger partial charge is 0.394 e. The van der Waals surface area contributed by atoms with Gasteiger partial charge in [-0.1, -0.05) is 354 Å². The van der Waals surface area contributed by atoms with Crippen molar-refractivity contribution in [3.8, 4) is 0 Å². The summed E-state index contributed by atoms with van der Waals surface area (Å²) in [6.45, 7) is 4.29. The third kappa shape index (κ3) is 53.0. The molecule has 0 saturated heterocycles. The van der Waals surface area contributed by atoms with Crippen molar-refractivity contribution in [2.45, 2.75) is 385 Å². The Kier molecular flexibility index (Phi) is 57.4. The van der Waals surface area contributed by atoms with Gasteiger partial charge < -0.3 is 20.6 Å². The van der Waals surface area contributed by atoms with E-state index in [1.807, 2.05) is 0 Å². The second-order valence-corrected chi connectivity index (χ2v) is 22.0. The summed E-state index contributed by atoms with van der Waals surface area (Å²) < 4.78 is 0. The highest BCUT2D eigenvalue weighted by molar-refractivity contribution is 5.80. The van der Waals surface area contributed by atoms with Crippen molar-refractivity contribution < 1.29 is 20.1 Å². The zero-order valence-electron chi connectivity index (χ0n) is 46.1. The van der Waals surface area contributed by atoms with Crippen LogP contribution in [0.25, 0.3) is 0 Å². The fourth-order valence-corrected chi connectivity index (χ4v) is 10.4. The van der Waals surface area contributed by atoms with Crippen LogP contribution in [0.3, 0.4) is 0 Å². The molecule has 402 valence electrons. The predicted molar refractivity (Wildman–Crippen MR) is 296 cm³/mol. The van der Waals surface area contributed by atoms with Crippen molar-refractivity contribution in [2.75, 3.05) is 6.61 Å². The maximum Gasteiger partial charge on any atom is 0.249 e. The minimum absolute atomic E-state index is 0.307. The molecule has 5 nitrogen and oxygen atoms in total. The van der Waals surface area contributed by atoms with Crippen LogP contribution in [0.1, 0.15) is 367 Å². The van der Waals surface area contributed by atoms with Gasteiger partial charge in [-0.3, -0.25) is 4.79 Å². The quantitative estimate of drug-likeness (QED) is 0.0457. The number of amides is 1. The maximum atomic E-state index is 12.6. The highest BCUT2D eigenvalue weighted by atomic mass is 16.3. The van der Waals surface area contributed by atoms with Gasteiger partial charge in [0.05, 0.1) is 18.8 Å². The topological polar surface area (TPSA) is 89.8 Å². The van der Waals surface area contributed by atoms with Gasteiger partial charge in [0.2, 0.25) is 5.91 Å². The van der Waals surface area contributed by atoms with Crippen LogP contribution in [0.5, 0.6) is 0 Å². The van der Waals surface area contributed by atoms with Crippen LogP contribution in [-0.2, 0) is 4.79 Å². The summed E-state index contributed by atoms with van der Waals surface area (Å²) in [5.41, 5.74) is 0. The molecule has 0 spiro atoms. The lowest BCUT2D eigenvalue weighted by molar-refractivity contribution is -0.131. The van der Waals surface area contributed by atoms with Crippen LogP contribution in [0, 0.1) is 0 Å². The van der Waals surface area contributed by atoms with Gasteiger partial charge >= 0.3 is 0 Å². The van der Waals surface area contributed by atoms with Crippen molar-refractivity contribution in [3.05, 3.63) is 0 Å². The molecule has 0 heterocycles. The number of unbranched alkanes of at least 4 members (excludes halogenated alkanes) is 51. The first-order chi connectivity index (χ1) is 33.1. The molecule has 0 rings (SSSR count). The fraction of sp³-hybridized carbons (Fsp3) is 0.984. The van der Waals surface area contributed by atoms with Gasteiger partial charge in [-0.05, 0) is 12.8 Å². The third-order valence-electron chi connectivity index (χ3n) is 15.2. The summed E-state index contributed by atoms with van der Waals surface area (Å²) in [6.07, 6.45) is 71.8. The van der Waals surface area contributed by atoms with Crippen molar-refractivity contribution in [2.24, 2.45) is 0 Å². The van der Waals surface area contributed by atoms with Crippen molar-refractivity contribution in [1.29, 1.82) is 0 Å². The smallest absolute Gasteiger partial charge is 0.249 e. The lowest BCUT2D eigenvalue weighted by Gasteiger charge is -2.23. The number of aliphatic hydroxyl groups is 3. The number of hydrogen-bond acceptors (Lipinski definition) is 4. The van der Waals surface area contributed by atoms with E-state index in [0.29, 0.717) is 12.8 Å². The van der Waals surface area contributed by atoms with E-state index in [1.54, 1.807) is 0 Å². The fourth-order valence-electron chi connectivity index (χ4n) is 10.4. The molecule has 0 aliphatic carbocycles. The lowest BCUT2D eigenvalue weighted by Crippen LogP contribution is -2.49. The molecule has 0 radical (unpaired) electrons. The van der Waals surface area contributed by atoms with Crippen LogP contribution < -0.4 is 5.32 Å². The summed E-state index contributed by atoms with van der Waals surface area (Å²) in [6, 6.07) is -0.708. The van der Waals surface area contributed by atoms with E-state index >= 15 is 0 Å². The molecule has 0 aromatic heterocycles. The molecule has 1 amide bonds. The highest BCUT2D eigenvalue weighted by Gasteiger charge is 2.23. The first kappa shape index (κ1) is 66.3. The second-order valence-electron chi connectivity index (χ2n) is 22.0. The molecule has 0 bridgehead atoms. The Bertz CT molecular complexity index is 914. The minimum atomic E-state index is -1.07. The molecule has 67 heavy (non-hydrogen) atoms. The number of aliphatic hydroxyl groups excluding tert-OH is 3. The molecule has 0 fully saturated rings. The summed E-state index contributed by atoms with van der Waals surface area (Å²) in [5.74, 6) is -0.460. The van der Waals surface area contributed by atoms with E-state index in [0.717, 1.165) is 32.1 Å². The molecule has 0 aliphatic rings. The van der Waals surface area contributed by atoms with Crippen molar-refractivity contribution >= 4 is 5.91 Å². The average Bonchev–Trinajstić information content (AvgIpc) is 3.33. The molecule has 3 unspecified atom stereocenters. The SMILES string of the molecule is CCCCCCCCCCCCCCCCCCCCCCCCCCCCCCCCCC(O)C(=O)NC(CO)C(O)CCCCCCCCCCCCCCCCCCCCCCCC. The van der Waals surface area contributed by atoms with E-state index in [4.69, 9.17) is 0 Å². The average molecular weight is 949 g/mol. The lowest BCUT2D eigenvalue weighted by atomic mass is 10.0. The van der Waals surface area contributed by atoms with Gasteiger partial charge in [0.1, 0.15) is 6.10 Å². The normalized spacial score (nSPS) is 13.1. The zero-order valence-corrected chi connectivity index (χ0v) is 46.1. The zero-order chi connectivity index (χ0) is 48.6. The molecule has 5 heteroatoms. The Balaban J connectivity index is 3.45. The summed E-state index contributed by atoms with van der Waals surface area (Å²) >= 11 is 0. The van der Waals surface area contributed by atoms with E-state index in [1.165, 1.54) is 308 Å². The number of nitrogens with one attached hydrogen (secondary N) is 1. The Hall–Kier alpha value is -0.650. The minimum Gasteiger partial charge on any atom is -0.394 e. The van der Waals surface area contributed by atoms with Crippen LogP contribution in [0.15, 0.2) is 0 Å². The van der Waals surface area contributed by atoms with Gasteiger partial charge in [-0.15, -0.1) is 0 Å². The maximum absolute atomic E-state index is 12.6. The monoisotopic (exact) mass is 948 g/mol. The van der Waals surface area contributed by atoms with E-state index < -0.39 is 24.2 Å². The first-order valence-electron chi connectivity index (χ1n) is 31.3.